The van der Waals surface area contributed by atoms with Gasteiger partial charge in [0.2, 0.25) is 0 Å². The maximum absolute atomic E-state index is 6.85. The number of anilines is 2. The van der Waals surface area contributed by atoms with E-state index >= 15 is 0 Å². The second-order valence-electron chi connectivity index (χ2n) is 10.5. The van der Waals surface area contributed by atoms with Crippen LogP contribution in [0.4, 0.5) is 11.4 Å². The molecule has 35 heavy (non-hydrogen) atoms. The molecule has 0 bridgehead atoms. The van der Waals surface area contributed by atoms with Crippen molar-refractivity contribution in [2.24, 2.45) is 5.92 Å². The Morgan fingerprint density at radius 3 is 2.34 bits per heavy atom. The lowest BCUT2D eigenvalue weighted by Crippen LogP contribution is -2.60. The third-order valence-corrected chi connectivity index (χ3v) is 8.53. The highest BCUT2D eigenvalue weighted by Crippen LogP contribution is 2.42. The second-order valence-corrected chi connectivity index (χ2v) is 10.5. The highest BCUT2D eigenvalue weighted by Gasteiger charge is 2.43. The van der Waals surface area contributed by atoms with Crippen LogP contribution in [0.1, 0.15) is 25.3 Å². The molecule has 0 amide bonds. The number of para-hydroxylation sites is 1. The predicted octanol–water partition coefficient (Wildman–Crippen LogP) is 6.04. The lowest BCUT2D eigenvalue weighted by molar-refractivity contribution is 0.487. The molecule has 3 heterocycles. The van der Waals surface area contributed by atoms with Gasteiger partial charge in [0.15, 0.2) is 0 Å². The zero-order chi connectivity index (χ0) is 23.1. The number of aryl methyl sites for hydroxylation is 1. The van der Waals surface area contributed by atoms with Crippen molar-refractivity contribution in [3.63, 3.8) is 0 Å². The van der Waals surface area contributed by atoms with Crippen molar-refractivity contribution in [3.05, 3.63) is 90.5 Å². The molecule has 3 aliphatic heterocycles. The molecule has 0 saturated heterocycles. The van der Waals surface area contributed by atoms with E-state index in [2.05, 4.69) is 96.8 Å². The van der Waals surface area contributed by atoms with Crippen molar-refractivity contribution in [2.75, 3.05) is 11.4 Å². The van der Waals surface area contributed by atoms with Crippen LogP contribution < -0.4 is 26.0 Å². The Bertz CT molecular complexity index is 1670. The van der Waals surface area contributed by atoms with Crippen LogP contribution in [0.25, 0.3) is 21.5 Å². The second kappa shape index (κ2) is 7.15. The first-order chi connectivity index (χ1) is 17.3. The summed E-state index contributed by atoms with van der Waals surface area (Å²) in [4.78, 5) is 2.60. The lowest BCUT2D eigenvalue weighted by Gasteiger charge is -2.42. The minimum absolute atomic E-state index is 0.169. The molecule has 2 nitrogen and oxygen atoms in total. The zero-order valence-corrected chi connectivity index (χ0v) is 19.9. The smallest absolute Gasteiger partial charge is 0.257 e. The van der Waals surface area contributed by atoms with Crippen molar-refractivity contribution < 1.29 is 4.74 Å². The van der Waals surface area contributed by atoms with E-state index in [-0.39, 0.29) is 6.71 Å². The fourth-order valence-electron chi connectivity index (χ4n) is 6.87. The third-order valence-electron chi connectivity index (χ3n) is 8.53. The first-order valence-electron chi connectivity index (χ1n) is 12.9. The molecule has 0 N–H and O–H groups in total. The van der Waals surface area contributed by atoms with Crippen LogP contribution in [0.2, 0.25) is 0 Å². The minimum atomic E-state index is 0.169. The Morgan fingerprint density at radius 1 is 0.743 bits per heavy atom. The molecule has 5 aromatic rings. The van der Waals surface area contributed by atoms with E-state index in [1.807, 2.05) is 0 Å². The largest absolute Gasteiger partial charge is 0.458 e. The van der Waals surface area contributed by atoms with E-state index in [1.165, 1.54) is 67.7 Å². The van der Waals surface area contributed by atoms with Crippen LogP contribution in [0.3, 0.4) is 0 Å². The monoisotopic (exact) mass is 451 g/mol. The molecule has 0 spiro atoms. The molecule has 8 rings (SSSR count). The standard InChI is InChI=1S/C32H26BNO/c1-20-16-17-21-8-6-13-26-31(21)34(19-18-20)27-14-7-15-28-30(27)33(26)29-24-11-4-2-9-22(24)23-10-3-5-12-25(23)32(29)35-28/h2-15,20H,16-19H2,1H3. The van der Waals surface area contributed by atoms with Gasteiger partial charge in [0.05, 0.1) is 0 Å². The normalized spacial score (nSPS) is 17.8. The van der Waals surface area contributed by atoms with Crippen LogP contribution in [0.5, 0.6) is 11.5 Å². The number of rotatable bonds is 0. The van der Waals surface area contributed by atoms with Gasteiger partial charge in [-0.2, -0.15) is 0 Å². The molecule has 0 fully saturated rings. The molecule has 0 aromatic heterocycles. The maximum atomic E-state index is 6.85. The summed E-state index contributed by atoms with van der Waals surface area (Å²) in [7, 11) is 0. The summed E-state index contributed by atoms with van der Waals surface area (Å²) in [5.41, 5.74) is 8.34. The van der Waals surface area contributed by atoms with Crippen molar-refractivity contribution in [1.29, 1.82) is 0 Å². The number of benzene rings is 5. The van der Waals surface area contributed by atoms with Gasteiger partial charge in [-0.3, -0.25) is 0 Å². The van der Waals surface area contributed by atoms with Gasteiger partial charge in [-0.1, -0.05) is 79.7 Å². The molecule has 0 radical (unpaired) electrons. The molecule has 1 atom stereocenters. The van der Waals surface area contributed by atoms with E-state index in [1.54, 1.807) is 0 Å². The highest BCUT2D eigenvalue weighted by atomic mass is 16.5. The summed E-state index contributed by atoms with van der Waals surface area (Å²) in [6.07, 6.45) is 3.62. The molecular formula is C32H26BNO. The zero-order valence-electron chi connectivity index (χ0n) is 19.9. The average molecular weight is 451 g/mol. The summed E-state index contributed by atoms with van der Waals surface area (Å²) in [5.74, 6) is 2.77. The van der Waals surface area contributed by atoms with Gasteiger partial charge in [0.25, 0.3) is 6.71 Å². The van der Waals surface area contributed by atoms with Gasteiger partial charge >= 0.3 is 0 Å². The first-order valence-corrected chi connectivity index (χ1v) is 12.9. The predicted molar refractivity (Wildman–Crippen MR) is 148 cm³/mol. The Balaban J connectivity index is 1.52. The molecule has 168 valence electrons. The van der Waals surface area contributed by atoms with Crippen LogP contribution in [-0.2, 0) is 6.42 Å². The average Bonchev–Trinajstić information content (AvgIpc) is 2.90. The van der Waals surface area contributed by atoms with Gasteiger partial charge in [-0.15, -0.1) is 0 Å². The van der Waals surface area contributed by atoms with Crippen molar-refractivity contribution in [3.8, 4) is 11.5 Å². The quantitative estimate of drug-likeness (QED) is 0.206. The molecule has 0 saturated carbocycles. The highest BCUT2D eigenvalue weighted by molar-refractivity contribution is 7.00. The first kappa shape index (κ1) is 19.6. The van der Waals surface area contributed by atoms with Crippen molar-refractivity contribution >= 4 is 56.0 Å². The fraction of sp³-hybridized carbons (Fsp3) is 0.188. The summed E-state index contributed by atoms with van der Waals surface area (Å²) < 4.78 is 6.85. The summed E-state index contributed by atoms with van der Waals surface area (Å²) in [6, 6.07) is 31.3. The number of hydrogen-bond donors (Lipinski definition) is 0. The number of ether oxygens (including phenoxy) is 1. The summed E-state index contributed by atoms with van der Waals surface area (Å²) in [6.45, 7) is 3.63. The van der Waals surface area contributed by atoms with Gasteiger partial charge in [0, 0.05) is 23.3 Å². The molecule has 5 aromatic carbocycles. The van der Waals surface area contributed by atoms with E-state index in [0.717, 1.165) is 30.4 Å². The minimum Gasteiger partial charge on any atom is -0.458 e. The Labute approximate surface area is 206 Å². The number of nitrogens with zero attached hydrogens (tertiary/aromatic N) is 1. The Kier molecular flexibility index (Phi) is 4.00. The Morgan fingerprint density at radius 2 is 1.49 bits per heavy atom. The fourth-order valence-corrected chi connectivity index (χ4v) is 6.87. The number of hydrogen-bond acceptors (Lipinski definition) is 2. The van der Waals surface area contributed by atoms with Crippen LogP contribution in [-0.4, -0.2) is 13.3 Å². The SMILES string of the molecule is CC1CCc2cccc3c2N(CC1)c1cccc2c1B3c1c(c3ccccc3c3ccccc13)O2. The topological polar surface area (TPSA) is 12.5 Å². The van der Waals surface area contributed by atoms with E-state index < -0.39 is 0 Å². The number of fused-ring (bicyclic) bond motifs is 9. The van der Waals surface area contributed by atoms with Gasteiger partial charge in [0.1, 0.15) is 11.5 Å². The molecular weight excluding hydrogens is 425 g/mol. The van der Waals surface area contributed by atoms with Gasteiger partial charge < -0.3 is 9.64 Å². The van der Waals surface area contributed by atoms with Gasteiger partial charge in [-0.25, -0.2) is 0 Å². The summed E-state index contributed by atoms with van der Waals surface area (Å²) in [5, 5.41) is 5.07. The molecule has 0 aliphatic carbocycles. The van der Waals surface area contributed by atoms with Crippen LogP contribution in [0, 0.1) is 5.92 Å². The molecule has 3 heteroatoms. The van der Waals surface area contributed by atoms with E-state index in [9.17, 15) is 0 Å². The molecule has 3 aliphatic rings. The maximum Gasteiger partial charge on any atom is 0.257 e. The van der Waals surface area contributed by atoms with Crippen molar-refractivity contribution in [1.82, 2.24) is 0 Å². The Hall–Kier alpha value is -3.72. The third kappa shape index (κ3) is 2.61. The van der Waals surface area contributed by atoms with Crippen LogP contribution in [0.15, 0.2) is 84.9 Å². The van der Waals surface area contributed by atoms with E-state index in [0.29, 0.717) is 0 Å². The lowest BCUT2D eigenvalue weighted by atomic mass is 9.33. The molecule has 1 unspecified atom stereocenters. The van der Waals surface area contributed by atoms with Gasteiger partial charge in [-0.05, 0) is 75.4 Å². The van der Waals surface area contributed by atoms with E-state index in [4.69, 9.17) is 4.74 Å². The van der Waals surface area contributed by atoms with Crippen molar-refractivity contribution in [2.45, 2.75) is 26.2 Å². The summed E-state index contributed by atoms with van der Waals surface area (Å²) >= 11 is 0. The van der Waals surface area contributed by atoms with Crippen LogP contribution >= 0.6 is 0 Å².